The lowest BCUT2D eigenvalue weighted by Gasteiger charge is -2.31. The Morgan fingerprint density at radius 2 is 2.11 bits per heavy atom. The lowest BCUT2D eigenvalue weighted by molar-refractivity contribution is 0.154. The third-order valence-electron chi connectivity index (χ3n) is 3.12. The molecule has 0 aliphatic carbocycles. The number of anilines is 2. The molecule has 1 aliphatic rings. The van der Waals surface area contributed by atoms with E-state index in [0.29, 0.717) is 12.4 Å². The van der Waals surface area contributed by atoms with Gasteiger partial charge in [-0.05, 0) is 12.8 Å². The van der Waals surface area contributed by atoms with Gasteiger partial charge in [0.05, 0.1) is 6.10 Å². The molecule has 1 aromatic rings. The summed E-state index contributed by atoms with van der Waals surface area (Å²) in [7, 11) is 0. The average molecular weight is 250 g/mol. The van der Waals surface area contributed by atoms with Crippen LogP contribution >= 0.6 is 0 Å². The topological polar surface area (TPSA) is 75.3 Å². The molecule has 1 atom stereocenters. The van der Waals surface area contributed by atoms with Gasteiger partial charge in [-0.1, -0.05) is 20.8 Å². The van der Waals surface area contributed by atoms with Crippen molar-refractivity contribution in [3.05, 3.63) is 11.9 Å². The van der Waals surface area contributed by atoms with Crippen molar-refractivity contribution < 1.29 is 5.11 Å². The number of hydrogen-bond acceptors (Lipinski definition) is 5. The second kappa shape index (κ2) is 4.72. The predicted octanol–water partition coefficient (Wildman–Crippen LogP) is 1.32. The monoisotopic (exact) mass is 250 g/mol. The molecule has 0 bridgehead atoms. The fraction of sp³-hybridized carbons (Fsp3) is 0.692. The van der Waals surface area contributed by atoms with E-state index in [2.05, 4.69) is 35.6 Å². The molecular weight excluding hydrogens is 228 g/mol. The number of hydrogen-bond donors (Lipinski definition) is 2. The third kappa shape index (κ3) is 2.90. The van der Waals surface area contributed by atoms with E-state index in [1.54, 1.807) is 6.07 Å². The first kappa shape index (κ1) is 13.1. The largest absolute Gasteiger partial charge is 0.391 e. The zero-order valence-corrected chi connectivity index (χ0v) is 11.3. The van der Waals surface area contributed by atoms with Crippen molar-refractivity contribution in [2.24, 2.45) is 0 Å². The summed E-state index contributed by atoms with van der Waals surface area (Å²) in [5.74, 6) is 2.06. The van der Waals surface area contributed by atoms with Gasteiger partial charge in [0.25, 0.3) is 0 Å². The van der Waals surface area contributed by atoms with Crippen LogP contribution in [0.15, 0.2) is 6.07 Å². The number of nitrogens with two attached hydrogens (primary N) is 1. The SMILES string of the molecule is CC(C)(C)c1nc(N)cc(N2CCCC(O)C2)n1. The van der Waals surface area contributed by atoms with E-state index in [4.69, 9.17) is 5.73 Å². The molecular formula is C13H22N4O. The van der Waals surface area contributed by atoms with Crippen molar-refractivity contribution in [1.29, 1.82) is 0 Å². The zero-order chi connectivity index (χ0) is 13.3. The van der Waals surface area contributed by atoms with Crippen LogP contribution in [0.1, 0.15) is 39.4 Å². The minimum Gasteiger partial charge on any atom is -0.391 e. The molecule has 3 N–H and O–H groups in total. The molecule has 1 aliphatic heterocycles. The van der Waals surface area contributed by atoms with Crippen molar-refractivity contribution in [2.75, 3.05) is 23.7 Å². The van der Waals surface area contributed by atoms with Crippen LogP contribution in [0.4, 0.5) is 11.6 Å². The van der Waals surface area contributed by atoms with Gasteiger partial charge in [0.1, 0.15) is 17.5 Å². The lowest BCUT2D eigenvalue weighted by Crippen LogP contribution is -2.39. The fourth-order valence-electron chi connectivity index (χ4n) is 2.11. The summed E-state index contributed by atoms with van der Waals surface area (Å²) in [5, 5.41) is 9.72. The summed E-state index contributed by atoms with van der Waals surface area (Å²) < 4.78 is 0. The first-order valence-electron chi connectivity index (χ1n) is 6.44. The van der Waals surface area contributed by atoms with Gasteiger partial charge in [0, 0.05) is 24.6 Å². The average Bonchev–Trinajstić information content (AvgIpc) is 2.27. The second-order valence-corrected chi connectivity index (χ2v) is 5.97. The Kier molecular flexibility index (Phi) is 3.43. The molecule has 1 saturated heterocycles. The molecule has 18 heavy (non-hydrogen) atoms. The molecule has 1 fully saturated rings. The summed E-state index contributed by atoms with van der Waals surface area (Å²) in [6.45, 7) is 7.74. The number of aliphatic hydroxyl groups is 1. The standard InChI is InChI=1S/C13H22N4O/c1-13(2,3)12-15-10(14)7-11(16-12)17-6-4-5-9(18)8-17/h7,9,18H,4-6,8H2,1-3H3,(H2,14,15,16). The summed E-state index contributed by atoms with van der Waals surface area (Å²) in [6, 6.07) is 1.78. The van der Waals surface area contributed by atoms with Crippen LogP contribution in [0.3, 0.4) is 0 Å². The summed E-state index contributed by atoms with van der Waals surface area (Å²) in [6.07, 6.45) is 1.58. The van der Waals surface area contributed by atoms with Crippen molar-refractivity contribution in [3.63, 3.8) is 0 Å². The zero-order valence-electron chi connectivity index (χ0n) is 11.3. The maximum absolute atomic E-state index is 9.72. The fourth-order valence-corrected chi connectivity index (χ4v) is 2.11. The van der Waals surface area contributed by atoms with Gasteiger partial charge in [0.2, 0.25) is 0 Å². The molecule has 5 nitrogen and oxygen atoms in total. The molecule has 5 heteroatoms. The maximum atomic E-state index is 9.72. The first-order valence-corrected chi connectivity index (χ1v) is 6.44. The highest BCUT2D eigenvalue weighted by Gasteiger charge is 2.23. The van der Waals surface area contributed by atoms with Gasteiger partial charge in [-0.3, -0.25) is 0 Å². The van der Waals surface area contributed by atoms with E-state index in [1.807, 2.05) is 0 Å². The van der Waals surface area contributed by atoms with Crippen molar-refractivity contribution >= 4 is 11.6 Å². The van der Waals surface area contributed by atoms with Gasteiger partial charge in [-0.2, -0.15) is 0 Å². The lowest BCUT2D eigenvalue weighted by atomic mass is 9.95. The van der Waals surface area contributed by atoms with Gasteiger partial charge < -0.3 is 15.7 Å². The quantitative estimate of drug-likeness (QED) is 0.786. The van der Waals surface area contributed by atoms with Crippen molar-refractivity contribution in [1.82, 2.24) is 9.97 Å². The molecule has 2 heterocycles. The normalized spacial score (nSPS) is 21.1. The molecule has 0 aromatic carbocycles. The van der Waals surface area contributed by atoms with Crippen LogP contribution in [0.5, 0.6) is 0 Å². The molecule has 1 aromatic heterocycles. The molecule has 1 unspecified atom stereocenters. The van der Waals surface area contributed by atoms with Crippen LogP contribution in [0, 0.1) is 0 Å². The number of nitrogen functional groups attached to an aromatic ring is 1. The minimum absolute atomic E-state index is 0.126. The van der Waals surface area contributed by atoms with Crippen LogP contribution in [-0.2, 0) is 5.41 Å². The Labute approximate surface area is 108 Å². The number of aliphatic hydroxyl groups excluding tert-OH is 1. The highest BCUT2D eigenvalue weighted by atomic mass is 16.3. The Morgan fingerprint density at radius 1 is 1.39 bits per heavy atom. The summed E-state index contributed by atoms with van der Waals surface area (Å²) >= 11 is 0. The van der Waals surface area contributed by atoms with Crippen LogP contribution in [0.25, 0.3) is 0 Å². The molecule has 0 spiro atoms. The van der Waals surface area contributed by atoms with E-state index >= 15 is 0 Å². The van der Waals surface area contributed by atoms with Gasteiger partial charge in [-0.15, -0.1) is 0 Å². The first-order chi connectivity index (χ1) is 8.36. The smallest absolute Gasteiger partial charge is 0.138 e. The highest BCUT2D eigenvalue weighted by Crippen LogP contribution is 2.24. The number of aromatic nitrogens is 2. The van der Waals surface area contributed by atoms with Crippen LogP contribution in [-0.4, -0.2) is 34.3 Å². The molecule has 0 radical (unpaired) electrons. The van der Waals surface area contributed by atoms with E-state index in [1.165, 1.54) is 0 Å². The van der Waals surface area contributed by atoms with Gasteiger partial charge in [-0.25, -0.2) is 9.97 Å². The number of rotatable bonds is 1. The molecule has 0 saturated carbocycles. The molecule has 0 amide bonds. The Balaban J connectivity index is 2.30. The number of nitrogens with zero attached hydrogens (tertiary/aromatic N) is 3. The number of β-amino-alcohol motifs (C(OH)–C–C–N with tert-alkyl or cyclic N) is 1. The molecule has 100 valence electrons. The van der Waals surface area contributed by atoms with E-state index in [9.17, 15) is 5.11 Å². The van der Waals surface area contributed by atoms with Gasteiger partial charge >= 0.3 is 0 Å². The molecule has 2 rings (SSSR count). The summed E-state index contributed by atoms with van der Waals surface area (Å²) in [4.78, 5) is 11.0. The Bertz CT molecular complexity index is 427. The summed E-state index contributed by atoms with van der Waals surface area (Å²) in [5.41, 5.74) is 5.73. The third-order valence-corrected chi connectivity index (χ3v) is 3.12. The highest BCUT2D eigenvalue weighted by molar-refractivity contribution is 5.48. The van der Waals surface area contributed by atoms with E-state index in [-0.39, 0.29) is 11.5 Å². The van der Waals surface area contributed by atoms with Crippen LogP contribution in [0.2, 0.25) is 0 Å². The second-order valence-electron chi connectivity index (χ2n) is 5.97. The predicted molar refractivity (Wildman–Crippen MR) is 72.6 cm³/mol. The van der Waals surface area contributed by atoms with Gasteiger partial charge in [0.15, 0.2) is 0 Å². The minimum atomic E-state index is -0.270. The van der Waals surface area contributed by atoms with Crippen molar-refractivity contribution in [3.8, 4) is 0 Å². The van der Waals surface area contributed by atoms with Crippen molar-refractivity contribution in [2.45, 2.75) is 45.1 Å². The Morgan fingerprint density at radius 3 is 2.72 bits per heavy atom. The number of piperidine rings is 1. The van der Waals surface area contributed by atoms with Crippen LogP contribution < -0.4 is 10.6 Å². The van der Waals surface area contributed by atoms with E-state index < -0.39 is 0 Å². The Hall–Kier alpha value is -1.36. The maximum Gasteiger partial charge on any atom is 0.138 e. The van der Waals surface area contributed by atoms with E-state index in [0.717, 1.165) is 31.0 Å².